The smallest absolute Gasteiger partial charge is 0.413 e. The van der Waals surface area contributed by atoms with Crippen LogP contribution in [0.1, 0.15) is 53.9 Å². The minimum absolute atomic E-state index is 0.00551. The first-order valence-corrected chi connectivity index (χ1v) is 47.8. The third kappa shape index (κ3) is 23.8. The van der Waals surface area contributed by atoms with Gasteiger partial charge in [0.15, 0.2) is 68.8 Å². The maximum Gasteiger partial charge on any atom is 0.413 e. The monoisotopic (exact) mass is 1820 g/mol. The highest BCUT2D eigenvalue weighted by Crippen LogP contribution is 2.65. The number of alkyl halides is 12. The Kier molecular flexibility index (Phi) is 33.3. The zero-order valence-corrected chi connectivity index (χ0v) is 72.7. The Labute approximate surface area is 722 Å². The molecule has 2 bridgehead atoms. The van der Waals surface area contributed by atoms with Gasteiger partial charge in [-0.1, -0.05) is 232 Å². The Morgan fingerprint density at radius 3 is 0.748 bits per heavy atom. The second-order valence-electron chi connectivity index (χ2n) is 28.5. The Hall–Kier alpha value is -9.85. The van der Waals surface area contributed by atoms with Crippen LogP contribution >= 0.6 is 0 Å². The van der Waals surface area contributed by atoms with Crippen molar-refractivity contribution in [3.63, 3.8) is 0 Å². The molecule has 0 N–H and O–H groups in total. The fourth-order valence-electron chi connectivity index (χ4n) is 13.3. The molecule has 0 aliphatic heterocycles. The standard InChI is InChI=1S/4C18H15S.C14H18F6NO5S2.C8H11F6NO3S/c4*1-4-10-16(11-5-1)19(17-12-6-2-7-13-17)18-14-8-3-9-15-18;1-10(2)8-4-5-12(10,9(22)6-8)7-27(23,24)21-28(25,26)14(19,20)13(17,18)11(3,15)16;1-3-15-5(16)4-19(17,18)8(13,14)7(11,12)6(2,9)10/h4*1-15H;8H,4-7H2,1-3H3;3-4H2,1-2H3,(H,15,16)/q4*+1;-1;/p-1. The van der Waals surface area contributed by atoms with E-state index in [2.05, 4.69) is 369 Å². The predicted octanol–water partition coefficient (Wildman–Crippen LogP) is 23.5. The number of rotatable bonds is 25. The van der Waals surface area contributed by atoms with Gasteiger partial charge < -0.3 is 14.2 Å². The summed E-state index contributed by atoms with van der Waals surface area (Å²) in [6.07, 6.45) is 0.459. The molecule has 646 valence electrons. The van der Waals surface area contributed by atoms with E-state index in [1.165, 1.54) is 65.7 Å². The number of sulfonamides is 2. The molecule has 0 spiro atoms. The van der Waals surface area contributed by atoms with Crippen molar-refractivity contribution in [3.8, 4) is 0 Å². The lowest BCUT2D eigenvalue weighted by Gasteiger charge is -2.39. The average molecular weight is 1830 g/mol. The number of nitrogens with zero attached hydrogens (tertiary/aromatic N) is 2. The van der Waals surface area contributed by atoms with Gasteiger partial charge in [-0.05, 0) is 183 Å². The Bertz CT molecular complexity index is 4820. The zero-order valence-electron chi connectivity index (χ0n) is 67.0. The van der Waals surface area contributed by atoms with Crippen molar-refractivity contribution in [2.24, 2.45) is 21.7 Å². The van der Waals surface area contributed by atoms with E-state index < -0.39 is 112 Å². The average Bonchev–Trinajstić information content (AvgIpc) is 1.63. The van der Waals surface area contributed by atoms with Crippen LogP contribution in [0.25, 0.3) is 4.13 Å². The van der Waals surface area contributed by atoms with E-state index >= 15 is 0 Å². The maximum absolute atomic E-state index is 13.7. The molecule has 0 heterocycles. The van der Waals surface area contributed by atoms with E-state index in [1.807, 2.05) is 4.13 Å². The number of carbonyl (C=O) groups is 1. The number of Topliss-reactive ketones (excluding diaryl/α,β-unsaturated/α-hetero) is 1. The van der Waals surface area contributed by atoms with Crippen molar-refractivity contribution in [3.05, 3.63) is 368 Å². The summed E-state index contributed by atoms with van der Waals surface area (Å²) in [6.45, 7) is 2.93. The fraction of sp³-hybridized carbons (Fsp3) is 0.213. The van der Waals surface area contributed by atoms with Crippen molar-refractivity contribution in [1.29, 1.82) is 0 Å². The second kappa shape index (κ2) is 42.2. The molecule has 0 saturated heterocycles. The number of halogens is 12. The molecule has 2 aliphatic rings. The van der Waals surface area contributed by atoms with Crippen LogP contribution in [0.15, 0.2) is 428 Å². The van der Waals surface area contributed by atoms with Crippen LogP contribution in [0.5, 0.6) is 0 Å². The van der Waals surface area contributed by atoms with Crippen LogP contribution in [0.2, 0.25) is 0 Å². The number of hydrogen-bond donors (Lipinski definition) is 0. The number of hydrogen-bond acceptors (Lipinski definition) is 9. The lowest BCUT2D eigenvalue weighted by Crippen LogP contribution is -2.58. The van der Waals surface area contributed by atoms with Gasteiger partial charge in [-0.3, -0.25) is 4.79 Å². The predicted molar refractivity (Wildman–Crippen MR) is 463 cm³/mol. The highest BCUT2D eigenvalue weighted by atomic mass is 32.3. The normalized spacial score (nSPS) is 15.5. The summed E-state index contributed by atoms with van der Waals surface area (Å²) in [5.74, 6) is -29.0. The molecule has 10 nitrogen and oxygen atoms in total. The number of ketones is 1. The van der Waals surface area contributed by atoms with Crippen molar-refractivity contribution >= 4 is 85.1 Å². The zero-order chi connectivity index (χ0) is 89.6. The number of sulfone groups is 1. The van der Waals surface area contributed by atoms with Gasteiger partial charge in [0.2, 0.25) is 9.84 Å². The minimum Gasteiger partial charge on any atom is -0.861 e. The molecule has 2 atom stereocenters. The van der Waals surface area contributed by atoms with Crippen LogP contribution in [0, 0.1) is 16.7 Å². The van der Waals surface area contributed by atoms with Crippen LogP contribution < -0.4 is 5.11 Å². The Balaban J connectivity index is 0.000000168. The highest BCUT2D eigenvalue weighted by Gasteiger charge is 2.76. The van der Waals surface area contributed by atoms with Crippen LogP contribution in [-0.2, 0) is 78.3 Å². The fourth-order valence-corrected chi connectivity index (χ4v) is 26.5. The molecular weight excluding hydrogens is 1740 g/mol. The molecule has 29 heteroatoms. The van der Waals surface area contributed by atoms with Gasteiger partial charge in [0.1, 0.15) is 5.78 Å². The van der Waals surface area contributed by atoms with Gasteiger partial charge in [0, 0.05) is 38.0 Å². The molecule has 0 radical (unpaired) electrons. The number of fused-ring (bicyclic) bond motifs is 2. The quantitative estimate of drug-likeness (QED) is 0.0236. The highest BCUT2D eigenvalue weighted by molar-refractivity contribution is 8.12. The van der Waals surface area contributed by atoms with Crippen LogP contribution in [0.3, 0.4) is 0 Å². The first kappa shape index (κ1) is 97.0. The largest absolute Gasteiger partial charge is 0.861 e. The van der Waals surface area contributed by atoms with Gasteiger partial charge in [-0.15, -0.1) is 0 Å². The van der Waals surface area contributed by atoms with Crippen LogP contribution in [0.4, 0.5) is 52.7 Å². The van der Waals surface area contributed by atoms with E-state index in [9.17, 15) is 87.8 Å². The second-order valence-corrected chi connectivity index (χ2v) is 42.2. The van der Waals surface area contributed by atoms with Crippen molar-refractivity contribution in [1.82, 2.24) is 0 Å². The van der Waals surface area contributed by atoms with Gasteiger partial charge >= 0.3 is 34.2 Å². The third-order valence-corrected chi connectivity index (χ3v) is 33.8. The molecule has 14 rings (SSSR count). The van der Waals surface area contributed by atoms with E-state index in [0.717, 1.165) is 0 Å². The molecule has 2 unspecified atom stereocenters. The summed E-state index contributed by atoms with van der Waals surface area (Å²) in [5, 5.41) is -1.81. The Morgan fingerprint density at radius 2 is 0.577 bits per heavy atom. The lowest BCUT2D eigenvalue weighted by atomic mass is 9.70. The molecule has 12 aromatic carbocycles. The molecule has 123 heavy (non-hydrogen) atoms. The van der Waals surface area contributed by atoms with E-state index in [1.54, 1.807) is 13.8 Å². The van der Waals surface area contributed by atoms with E-state index in [4.69, 9.17) is 0 Å². The summed E-state index contributed by atoms with van der Waals surface area (Å²) >= 11 is 0. The minimum atomic E-state index is -6.91. The molecule has 12 aromatic rings. The molecule has 2 saturated carbocycles. The van der Waals surface area contributed by atoms with Crippen molar-refractivity contribution in [2.75, 3.05) is 18.1 Å². The van der Waals surface area contributed by atoms with E-state index in [0.29, 0.717) is 6.42 Å². The molecular formula is C94H88F12N2O8S7+2. The summed E-state index contributed by atoms with van der Waals surface area (Å²) in [4.78, 5) is 31.5. The van der Waals surface area contributed by atoms with Gasteiger partial charge in [-0.25, -0.2) is 25.3 Å². The lowest BCUT2D eigenvalue weighted by molar-refractivity contribution is -0.271. The number of benzene rings is 12. The molecule has 0 aromatic heterocycles. The number of carbonyl (C=O) groups excluding carboxylic acids is 1. The van der Waals surface area contributed by atoms with Crippen LogP contribution in [-0.4, -0.2) is 89.2 Å². The van der Waals surface area contributed by atoms with Crippen molar-refractivity contribution < 1.29 is 87.8 Å². The topological polar surface area (TPSA) is 169 Å². The SMILES string of the molecule is CC(F)(F)C(F)(F)C(F)(F)S(=O)(=O)[N-]S(=O)(=O)CC12CCC(CC1=O)C2(C)C.CCN=C([O-])CS(=O)(=O)C(F)(F)C(F)(F)C(C)(F)F.c1ccc([S+](c2ccccc2)c2ccccc2)cc1.c1ccc([S+](c2ccccc2)c2ccccc2)cc1.c1ccc([S+](c2ccccc2)c2ccccc2)cc1.c1ccc([S+](c2ccccc2)c2ccccc2)cc1. The first-order chi connectivity index (χ1) is 58.1. The van der Waals surface area contributed by atoms with Gasteiger partial charge in [-0.2, -0.15) is 52.7 Å². The molecule has 2 fully saturated rings. The number of aliphatic imine (C=N–C) groups is 1. The summed E-state index contributed by atoms with van der Waals surface area (Å²) in [6, 6.07) is 129. The summed E-state index contributed by atoms with van der Waals surface area (Å²) in [5.41, 5.74) is -2.53. The first-order valence-electron chi connectivity index (χ1n) is 38.2. The van der Waals surface area contributed by atoms with Crippen molar-refractivity contribution in [2.45, 2.75) is 147 Å². The molecule has 2 aliphatic carbocycles. The Morgan fingerprint density at radius 1 is 0.374 bits per heavy atom. The van der Waals surface area contributed by atoms with E-state index in [-0.39, 0.29) is 68.9 Å². The summed E-state index contributed by atoms with van der Waals surface area (Å²) in [7, 11) is -18.5. The molecule has 0 amide bonds. The third-order valence-electron chi connectivity index (χ3n) is 19.7. The summed E-state index contributed by atoms with van der Waals surface area (Å²) < 4.78 is 228. The van der Waals surface area contributed by atoms with Gasteiger partial charge in [0.05, 0.1) is 59.4 Å². The van der Waals surface area contributed by atoms with Gasteiger partial charge in [0.25, 0.3) is 0 Å². The maximum atomic E-state index is 13.7.